The van der Waals surface area contributed by atoms with Gasteiger partial charge in [-0.3, -0.25) is 4.21 Å². The first-order valence-electron chi connectivity index (χ1n) is 5.68. The van der Waals surface area contributed by atoms with Crippen LogP contribution in [0.5, 0.6) is 0 Å². The maximum absolute atomic E-state index is 11.3. The zero-order valence-electron chi connectivity index (χ0n) is 11.0. The first-order chi connectivity index (χ1) is 9.35. The highest BCUT2D eigenvalue weighted by molar-refractivity contribution is 7.88. The third-order valence-electron chi connectivity index (χ3n) is 2.50. The molecule has 1 unspecified atom stereocenters. The standard InChI is InChI=1S/C12H14N2O3S3/c1-19(15)11-5-3-9(4-6-11)12-13-7-10(18-12)8-14-20(2,16)17/h3-7,14H,8H2,1-2H3. The van der Waals surface area contributed by atoms with Crippen molar-refractivity contribution in [3.05, 3.63) is 35.3 Å². The average Bonchev–Trinajstić information content (AvgIpc) is 2.84. The molecule has 0 radical (unpaired) electrons. The molecular formula is C12H14N2O3S3. The molecule has 0 aliphatic rings. The number of hydrogen-bond donors (Lipinski definition) is 1. The van der Waals surface area contributed by atoms with E-state index in [9.17, 15) is 12.6 Å². The van der Waals surface area contributed by atoms with Crippen LogP contribution in [0.4, 0.5) is 0 Å². The van der Waals surface area contributed by atoms with E-state index in [1.807, 2.05) is 12.1 Å². The molecule has 20 heavy (non-hydrogen) atoms. The summed E-state index contributed by atoms with van der Waals surface area (Å²) in [5.41, 5.74) is 0.926. The summed E-state index contributed by atoms with van der Waals surface area (Å²) in [6, 6.07) is 7.34. The molecule has 0 spiro atoms. The third-order valence-corrected chi connectivity index (χ3v) is 5.15. The molecule has 2 aromatic rings. The predicted molar refractivity (Wildman–Crippen MR) is 81.6 cm³/mol. The Labute approximate surface area is 124 Å². The SMILES string of the molecule is CS(=O)c1ccc(-c2ncc(CNS(C)(=O)=O)s2)cc1. The highest BCUT2D eigenvalue weighted by Crippen LogP contribution is 2.25. The molecule has 1 heterocycles. The van der Waals surface area contributed by atoms with Gasteiger partial charge in [0.1, 0.15) is 5.01 Å². The molecule has 1 N–H and O–H groups in total. The average molecular weight is 330 g/mol. The Morgan fingerprint density at radius 3 is 2.50 bits per heavy atom. The number of nitrogens with zero attached hydrogens (tertiary/aromatic N) is 1. The lowest BCUT2D eigenvalue weighted by molar-refractivity contribution is 0.588. The summed E-state index contributed by atoms with van der Waals surface area (Å²) in [7, 11) is -4.19. The largest absolute Gasteiger partial charge is 0.255 e. The van der Waals surface area contributed by atoms with Crippen LogP contribution in [0.25, 0.3) is 10.6 Å². The van der Waals surface area contributed by atoms with Gasteiger partial charge >= 0.3 is 0 Å². The lowest BCUT2D eigenvalue weighted by Crippen LogP contribution is -2.20. The summed E-state index contributed by atoms with van der Waals surface area (Å²) in [5.74, 6) is 0. The van der Waals surface area contributed by atoms with E-state index >= 15 is 0 Å². The van der Waals surface area contributed by atoms with Gasteiger partial charge in [0.2, 0.25) is 10.0 Å². The van der Waals surface area contributed by atoms with E-state index in [1.54, 1.807) is 24.6 Å². The Morgan fingerprint density at radius 1 is 1.30 bits per heavy atom. The zero-order chi connectivity index (χ0) is 14.8. The number of thiazole rings is 1. The summed E-state index contributed by atoms with van der Waals surface area (Å²) in [5, 5.41) is 0.809. The van der Waals surface area contributed by atoms with Crippen LogP contribution in [0.1, 0.15) is 4.88 Å². The minimum atomic E-state index is -3.20. The molecule has 1 aromatic heterocycles. The number of aromatic nitrogens is 1. The van der Waals surface area contributed by atoms with Gasteiger partial charge in [0.05, 0.1) is 6.26 Å². The summed E-state index contributed by atoms with van der Waals surface area (Å²) in [6.07, 6.45) is 4.41. The van der Waals surface area contributed by atoms with Crippen LogP contribution < -0.4 is 4.72 Å². The molecule has 0 aliphatic carbocycles. The summed E-state index contributed by atoms with van der Waals surface area (Å²) in [6.45, 7) is 0.244. The maximum Gasteiger partial charge on any atom is 0.209 e. The van der Waals surface area contributed by atoms with Gasteiger partial charge in [-0.15, -0.1) is 11.3 Å². The molecular weight excluding hydrogens is 316 g/mol. The van der Waals surface area contributed by atoms with Gasteiger partial charge in [-0.05, 0) is 12.1 Å². The van der Waals surface area contributed by atoms with Crippen molar-refractivity contribution in [2.24, 2.45) is 0 Å². The van der Waals surface area contributed by atoms with Crippen LogP contribution in [-0.2, 0) is 27.4 Å². The van der Waals surface area contributed by atoms with E-state index < -0.39 is 20.8 Å². The lowest BCUT2D eigenvalue weighted by atomic mass is 10.2. The van der Waals surface area contributed by atoms with Gasteiger partial charge in [0.15, 0.2) is 0 Å². The molecule has 0 bridgehead atoms. The molecule has 0 saturated carbocycles. The van der Waals surface area contributed by atoms with Gasteiger partial charge < -0.3 is 0 Å². The summed E-state index contributed by atoms with van der Waals surface area (Å²) in [4.78, 5) is 5.88. The molecule has 1 atom stereocenters. The molecule has 0 fully saturated rings. The molecule has 0 amide bonds. The number of benzene rings is 1. The second-order valence-corrected chi connectivity index (χ2v) is 8.53. The Kier molecular flexibility index (Phi) is 4.69. The van der Waals surface area contributed by atoms with Crippen LogP contribution in [0, 0.1) is 0 Å². The van der Waals surface area contributed by atoms with Crippen molar-refractivity contribution in [1.82, 2.24) is 9.71 Å². The molecule has 1 aromatic carbocycles. The van der Waals surface area contributed by atoms with Gasteiger partial charge in [-0.2, -0.15) is 0 Å². The van der Waals surface area contributed by atoms with Crippen molar-refractivity contribution in [2.75, 3.05) is 12.5 Å². The van der Waals surface area contributed by atoms with E-state index in [2.05, 4.69) is 9.71 Å². The molecule has 0 saturated heterocycles. The topological polar surface area (TPSA) is 76.1 Å². The fraction of sp³-hybridized carbons (Fsp3) is 0.250. The Bertz CT molecular complexity index is 721. The first-order valence-corrected chi connectivity index (χ1v) is 9.95. The smallest absolute Gasteiger partial charge is 0.209 e. The zero-order valence-corrected chi connectivity index (χ0v) is 13.4. The Morgan fingerprint density at radius 2 is 1.95 bits per heavy atom. The Hall–Kier alpha value is -1.09. The van der Waals surface area contributed by atoms with Crippen molar-refractivity contribution in [3.63, 3.8) is 0 Å². The van der Waals surface area contributed by atoms with E-state index in [1.165, 1.54) is 11.3 Å². The molecule has 108 valence electrons. The minimum Gasteiger partial charge on any atom is -0.255 e. The number of sulfonamides is 1. The second kappa shape index (κ2) is 6.13. The fourth-order valence-corrected chi connectivity index (χ4v) is 3.40. The molecule has 2 rings (SSSR count). The van der Waals surface area contributed by atoms with Crippen molar-refractivity contribution in [2.45, 2.75) is 11.4 Å². The van der Waals surface area contributed by atoms with Gasteiger partial charge in [-0.25, -0.2) is 18.1 Å². The maximum atomic E-state index is 11.3. The van der Waals surface area contributed by atoms with E-state index in [0.717, 1.165) is 26.6 Å². The quantitative estimate of drug-likeness (QED) is 0.903. The predicted octanol–water partition coefficient (Wildman–Crippen LogP) is 1.60. The summed E-state index contributed by atoms with van der Waals surface area (Å²) < 4.78 is 35.8. The van der Waals surface area contributed by atoms with Gasteiger partial charge in [-0.1, -0.05) is 12.1 Å². The van der Waals surface area contributed by atoms with E-state index in [0.29, 0.717) is 0 Å². The van der Waals surface area contributed by atoms with Crippen molar-refractivity contribution in [3.8, 4) is 10.6 Å². The van der Waals surface area contributed by atoms with Gasteiger partial charge in [0.25, 0.3) is 0 Å². The molecule has 0 aliphatic heterocycles. The van der Waals surface area contributed by atoms with Crippen molar-refractivity contribution in [1.29, 1.82) is 0 Å². The van der Waals surface area contributed by atoms with Gasteiger partial charge in [0, 0.05) is 45.1 Å². The normalized spacial score (nSPS) is 13.3. The van der Waals surface area contributed by atoms with Crippen molar-refractivity contribution < 1.29 is 12.6 Å². The number of nitrogens with one attached hydrogen (secondary N) is 1. The van der Waals surface area contributed by atoms with E-state index in [4.69, 9.17) is 0 Å². The molecule has 5 nitrogen and oxygen atoms in total. The van der Waals surface area contributed by atoms with Crippen LogP contribution >= 0.6 is 11.3 Å². The highest BCUT2D eigenvalue weighted by atomic mass is 32.2. The monoisotopic (exact) mass is 330 g/mol. The first kappa shape index (κ1) is 15.3. The number of rotatable bonds is 5. The van der Waals surface area contributed by atoms with E-state index in [-0.39, 0.29) is 6.54 Å². The van der Waals surface area contributed by atoms with Crippen LogP contribution in [0.2, 0.25) is 0 Å². The fourth-order valence-electron chi connectivity index (χ4n) is 1.51. The second-order valence-electron chi connectivity index (χ2n) is 4.20. The van der Waals surface area contributed by atoms with Crippen LogP contribution in [0.15, 0.2) is 35.4 Å². The number of hydrogen-bond acceptors (Lipinski definition) is 5. The van der Waals surface area contributed by atoms with Crippen molar-refractivity contribution >= 4 is 32.2 Å². The Balaban J connectivity index is 2.14. The summed E-state index contributed by atoms with van der Waals surface area (Å²) >= 11 is 1.43. The lowest BCUT2D eigenvalue weighted by Gasteiger charge is -1.99. The molecule has 8 heteroatoms. The highest BCUT2D eigenvalue weighted by Gasteiger charge is 2.07. The minimum absolute atomic E-state index is 0.244. The third kappa shape index (κ3) is 4.20. The van der Waals surface area contributed by atoms with Crippen LogP contribution in [-0.4, -0.2) is 30.1 Å². The van der Waals surface area contributed by atoms with Crippen LogP contribution in [0.3, 0.4) is 0 Å².